The predicted octanol–water partition coefficient (Wildman–Crippen LogP) is 2.65. The molecule has 0 radical (unpaired) electrons. The number of anilines is 1. The van der Waals surface area contributed by atoms with Gasteiger partial charge in [0.1, 0.15) is 5.52 Å². The highest BCUT2D eigenvalue weighted by Crippen LogP contribution is 2.35. The van der Waals surface area contributed by atoms with E-state index in [9.17, 15) is 13.2 Å². The Bertz CT molecular complexity index is 614. The van der Waals surface area contributed by atoms with Crippen LogP contribution < -0.4 is 10.5 Å². The Balaban J connectivity index is 2.63. The number of fused-ring (bicyclic) bond motifs is 1. The van der Waals surface area contributed by atoms with E-state index < -0.39 is 12.1 Å². The Morgan fingerprint density at radius 1 is 1.41 bits per heavy atom. The molecule has 0 saturated carbocycles. The maximum atomic E-state index is 12.2. The van der Waals surface area contributed by atoms with Crippen molar-refractivity contribution in [2.75, 3.05) is 5.73 Å². The van der Waals surface area contributed by atoms with Gasteiger partial charge in [0.2, 0.25) is 0 Å². The van der Waals surface area contributed by atoms with Crippen LogP contribution in [0.4, 0.5) is 18.3 Å². The van der Waals surface area contributed by atoms with Crippen molar-refractivity contribution in [1.29, 1.82) is 5.26 Å². The van der Waals surface area contributed by atoms with Crippen LogP contribution in [0.1, 0.15) is 5.56 Å². The number of ether oxygens (including phenoxy) is 1. The highest BCUT2D eigenvalue weighted by molar-refractivity contribution is 7.22. The molecule has 0 spiro atoms. The van der Waals surface area contributed by atoms with E-state index in [-0.39, 0.29) is 16.2 Å². The fourth-order valence-electron chi connectivity index (χ4n) is 1.28. The third kappa shape index (κ3) is 2.39. The number of thiazole rings is 1. The number of nitrogens with zero attached hydrogens (tertiary/aromatic N) is 2. The summed E-state index contributed by atoms with van der Waals surface area (Å²) in [6.45, 7) is 0. The number of nitrogens with two attached hydrogens (primary N) is 1. The molecule has 0 amide bonds. The van der Waals surface area contributed by atoms with Gasteiger partial charge in [0.15, 0.2) is 10.9 Å². The number of alkyl halides is 3. The minimum Gasteiger partial charge on any atom is -0.403 e. The molecule has 8 heteroatoms. The first-order chi connectivity index (χ1) is 7.89. The summed E-state index contributed by atoms with van der Waals surface area (Å²) in [6.07, 6.45) is -4.83. The first kappa shape index (κ1) is 11.5. The van der Waals surface area contributed by atoms with Gasteiger partial charge < -0.3 is 10.5 Å². The van der Waals surface area contributed by atoms with E-state index in [2.05, 4.69) is 9.72 Å². The Hall–Kier alpha value is -2.01. The molecular weight excluding hydrogens is 255 g/mol. The minimum atomic E-state index is -4.83. The van der Waals surface area contributed by atoms with Crippen molar-refractivity contribution in [3.8, 4) is 11.8 Å². The number of halogens is 3. The molecule has 0 bridgehead atoms. The topological polar surface area (TPSA) is 71.9 Å². The van der Waals surface area contributed by atoms with Crippen LogP contribution in [0.2, 0.25) is 0 Å². The molecule has 0 fully saturated rings. The van der Waals surface area contributed by atoms with Crippen molar-refractivity contribution in [2.45, 2.75) is 6.36 Å². The van der Waals surface area contributed by atoms with Crippen molar-refractivity contribution in [1.82, 2.24) is 4.98 Å². The van der Waals surface area contributed by atoms with Gasteiger partial charge in [-0.25, -0.2) is 4.98 Å². The second-order valence-electron chi connectivity index (χ2n) is 3.03. The molecule has 2 rings (SSSR count). The van der Waals surface area contributed by atoms with Gasteiger partial charge in [0, 0.05) is 6.07 Å². The number of benzene rings is 1. The van der Waals surface area contributed by atoms with Gasteiger partial charge in [0.25, 0.3) is 0 Å². The molecule has 1 aromatic carbocycles. The van der Waals surface area contributed by atoms with Crippen molar-refractivity contribution >= 4 is 26.7 Å². The van der Waals surface area contributed by atoms with Gasteiger partial charge in [-0.1, -0.05) is 11.3 Å². The SMILES string of the molecule is N#Cc1cc(OC(F)(F)F)c2nc(N)sc2c1. The van der Waals surface area contributed by atoms with E-state index in [1.54, 1.807) is 6.07 Å². The molecule has 0 atom stereocenters. The lowest BCUT2D eigenvalue weighted by Crippen LogP contribution is -2.17. The molecule has 0 aliphatic heterocycles. The highest BCUT2D eigenvalue weighted by Gasteiger charge is 2.32. The van der Waals surface area contributed by atoms with Crippen molar-refractivity contribution < 1.29 is 17.9 Å². The smallest absolute Gasteiger partial charge is 0.403 e. The zero-order valence-corrected chi connectivity index (χ0v) is 8.89. The zero-order chi connectivity index (χ0) is 12.6. The summed E-state index contributed by atoms with van der Waals surface area (Å²) < 4.78 is 40.6. The molecule has 1 heterocycles. The van der Waals surface area contributed by atoms with Crippen molar-refractivity contribution in [3.63, 3.8) is 0 Å². The van der Waals surface area contributed by atoms with Crippen LogP contribution in [-0.2, 0) is 0 Å². The van der Waals surface area contributed by atoms with E-state index >= 15 is 0 Å². The third-order valence-electron chi connectivity index (χ3n) is 1.83. The Kier molecular flexibility index (Phi) is 2.55. The lowest BCUT2D eigenvalue weighted by molar-refractivity contribution is -0.274. The van der Waals surface area contributed by atoms with Crippen LogP contribution in [0.3, 0.4) is 0 Å². The largest absolute Gasteiger partial charge is 0.573 e. The molecule has 4 nitrogen and oxygen atoms in total. The van der Waals surface area contributed by atoms with Gasteiger partial charge >= 0.3 is 6.36 Å². The molecule has 0 unspecified atom stereocenters. The van der Waals surface area contributed by atoms with E-state index in [0.29, 0.717) is 4.70 Å². The van der Waals surface area contributed by atoms with E-state index in [1.165, 1.54) is 6.07 Å². The van der Waals surface area contributed by atoms with Crippen LogP contribution in [0.15, 0.2) is 12.1 Å². The molecule has 2 N–H and O–H groups in total. The minimum absolute atomic E-state index is 0.00354. The fraction of sp³-hybridized carbons (Fsp3) is 0.111. The molecular formula is C9H4F3N3OS. The molecule has 17 heavy (non-hydrogen) atoms. The van der Waals surface area contributed by atoms with E-state index in [0.717, 1.165) is 17.4 Å². The first-order valence-electron chi connectivity index (χ1n) is 4.25. The number of aromatic nitrogens is 1. The van der Waals surface area contributed by atoms with Crippen LogP contribution in [0.25, 0.3) is 10.2 Å². The van der Waals surface area contributed by atoms with E-state index in [4.69, 9.17) is 11.0 Å². The summed E-state index contributed by atoms with van der Waals surface area (Å²) in [5, 5.41) is 8.81. The Labute approximate surface area is 97.0 Å². The van der Waals surface area contributed by atoms with Gasteiger partial charge in [-0.3, -0.25) is 0 Å². The highest BCUT2D eigenvalue weighted by atomic mass is 32.1. The normalized spacial score (nSPS) is 11.4. The van der Waals surface area contributed by atoms with E-state index in [1.807, 2.05) is 0 Å². The van der Waals surface area contributed by atoms with Crippen molar-refractivity contribution in [3.05, 3.63) is 17.7 Å². The van der Waals surface area contributed by atoms with Gasteiger partial charge in [-0.15, -0.1) is 13.2 Å². The first-order valence-corrected chi connectivity index (χ1v) is 5.06. The number of nitriles is 1. The third-order valence-corrected chi connectivity index (χ3v) is 2.66. The summed E-state index contributed by atoms with van der Waals surface area (Å²) >= 11 is 0.990. The lowest BCUT2D eigenvalue weighted by atomic mass is 10.2. The second-order valence-corrected chi connectivity index (χ2v) is 4.10. The summed E-state index contributed by atoms with van der Waals surface area (Å²) in [5.41, 5.74) is 5.46. The number of hydrogen-bond donors (Lipinski definition) is 1. The lowest BCUT2D eigenvalue weighted by Gasteiger charge is -2.09. The summed E-state index contributed by atoms with van der Waals surface area (Å²) in [5.74, 6) is -0.514. The Morgan fingerprint density at radius 3 is 2.71 bits per heavy atom. The van der Waals surface area contributed by atoms with Crippen LogP contribution in [-0.4, -0.2) is 11.3 Å². The molecule has 0 aliphatic carbocycles. The monoisotopic (exact) mass is 259 g/mol. The molecule has 2 aromatic rings. The summed E-state index contributed by atoms with van der Waals surface area (Å²) in [7, 11) is 0. The standard InChI is InChI=1S/C9H4F3N3OS/c10-9(11,12)16-5-1-4(3-13)2-6-7(5)15-8(14)17-6/h1-2H,(H2,14,15). The average molecular weight is 259 g/mol. The maximum absolute atomic E-state index is 12.2. The van der Waals surface area contributed by atoms with Crippen LogP contribution >= 0.6 is 11.3 Å². The number of rotatable bonds is 1. The zero-order valence-electron chi connectivity index (χ0n) is 8.08. The predicted molar refractivity (Wildman–Crippen MR) is 55.4 cm³/mol. The maximum Gasteiger partial charge on any atom is 0.573 e. The van der Waals surface area contributed by atoms with Gasteiger partial charge in [-0.05, 0) is 6.07 Å². The second kappa shape index (κ2) is 3.78. The summed E-state index contributed by atoms with van der Waals surface area (Å²) in [4.78, 5) is 3.73. The van der Waals surface area contributed by atoms with Crippen LogP contribution in [0.5, 0.6) is 5.75 Å². The van der Waals surface area contributed by atoms with Gasteiger partial charge in [-0.2, -0.15) is 5.26 Å². The van der Waals surface area contributed by atoms with Gasteiger partial charge in [0.05, 0.1) is 16.3 Å². The number of nitrogen functional groups attached to an aromatic ring is 1. The average Bonchev–Trinajstić information content (AvgIpc) is 2.56. The molecule has 1 aromatic heterocycles. The van der Waals surface area contributed by atoms with Crippen molar-refractivity contribution in [2.24, 2.45) is 0 Å². The molecule has 0 saturated heterocycles. The molecule has 88 valence electrons. The quantitative estimate of drug-likeness (QED) is 0.854. The van der Waals surface area contributed by atoms with Crippen LogP contribution in [0, 0.1) is 11.3 Å². The fourth-order valence-corrected chi connectivity index (χ4v) is 2.07. The summed E-state index contributed by atoms with van der Waals surface area (Å²) in [6, 6.07) is 4.14. The Morgan fingerprint density at radius 2 is 2.12 bits per heavy atom. The number of hydrogen-bond acceptors (Lipinski definition) is 5. The molecule has 0 aliphatic rings.